The van der Waals surface area contributed by atoms with E-state index in [1.165, 1.54) is 16.9 Å². The van der Waals surface area contributed by atoms with Gasteiger partial charge < -0.3 is 5.11 Å². The van der Waals surface area contributed by atoms with E-state index >= 15 is 0 Å². The monoisotopic (exact) mass is 243 g/mol. The minimum atomic E-state index is -0.895. The molecule has 3 nitrogen and oxygen atoms in total. The average molecular weight is 243 g/mol. The molecule has 2 aromatic heterocycles. The molecule has 4 heteroatoms. The third-order valence-electron chi connectivity index (χ3n) is 2.67. The number of carbonyl (C=O) groups is 1. The molecule has 0 atom stereocenters. The first-order valence-electron chi connectivity index (χ1n) is 5.18. The molecule has 3 aromatic rings. The Morgan fingerprint density at radius 3 is 2.82 bits per heavy atom. The molecule has 2 heterocycles. The van der Waals surface area contributed by atoms with E-state index in [-0.39, 0.29) is 0 Å². The van der Waals surface area contributed by atoms with Crippen LogP contribution in [0.4, 0.5) is 0 Å². The number of nitrogens with zero attached hydrogens (tertiary/aromatic N) is 1. The standard InChI is InChI=1S/C13H9NO2S/c1-7-2-3-10-8(4-7)5-9-6-11(13(15)16)17-12(9)14-10/h2-6H,1H3,(H,15,16). The van der Waals surface area contributed by atoms with Gasteiger partial charge in [-0.25, -0.2) is 9.78 Å². The number of carboxylic acids is 1. The molecular formula is C13H9NO2S. The van der Waals surface area contributed by atoms with Crippen LogP contribution >= 0.6 is 11.3 Å². The Kier molecular flexibility index (Phi) is 2.12. The SMILES string of the molecule is Cc1ccc2nc3sc(C(=O)O)cc3cc2c1. The lowest BCUT2D eigenvalue weighted by molar-refractivity contribution is 0.0702. The van der Waals surface area contributed by atoms with Crippen molar-refractivity contribution in [1.29, 1.82) is 0 Å². The Balaban J connectivity index is 2.36. The van der Waals surface area contributed by atoms with Gasteiger partial charge in [-0.3, -0.25) is 0 Å². The first-order valence-corrected chi connectivity index (χ1v) is 5.99. The summed E-state index contributed by atoms with van der Waals surface area (Å²) in [5.41, 5.74) is 2.08. The zero-order valence-corrected chi connectivity index (χ0v) is 9.91. The number of fused-ring (bicyclic) bond motifs is 2. The largest absolute Gasteiger partial charge is 0.477 e. The molecule has 0 spiro atoms. The van der Waals surface area contributed by atoms with Crippen molar-refractivity contribution in [3.05, 3.63) is 40.8 Å². The zero-order chi connectivity index (χ0) is 12.0. The molecule has 3 rings (SSSR count). The van der Waals surface area contributed by atoms with E-state index in [1.807, 2.05) is 25.1 Å². The summed E-state index contributed by atoms with van der Waals surface area (Å²) in [5.74, 6) is -0.895. The lowest BCUT2D eigenvalue weighted by atomic mass is 10.1. The van der Waals surface area contributed by atoms with E-state index in [1.54, 1.807) is 6.07 Å². The lowest BCUT2D eigenvalue weighted by Crippen LogP contribution is -1.89. The molecule has 1 N–H and O–H groups in total. The van der Waals surface area contributed by atoms with Crippen molar-refractivity contribution in [3.63, 3.8) is 0 Å². The van der Waals surface area contributed by atoms with Crippen molar-refractivity contribution >= 4 is 38.4 Å². The predicted molar refractivity (Wildman–Crippen MR) is 68.8 cm³/mol. The van der Waals surface area contributed by atoms with Gasteiger partial charge in [-0.05, 0) is 31.2 Å². The third kappa shape index (κ3) is 1.66. The number of carboxylic acid groups (broad SMARTS) is 1. The molecule has 1 aromatic carbocycles. The summed E-state index contributed by atoms with van der Waals surface area (Å²) in [6.07, 6.45) is 0. The van der Waals surface area contributed by atoms with Gasteiger partial charge in [0.2, 0.25) is 0 Å². The molecule has 0 saturated carbocycles. The van der Waals surface area contributed by atoms with E-state index < -0.39 is 5.97 Å². The van der Waals surface area contributed by atoms with Gasteiger partial charge in [0.05, 0.1) is 5.52 Å². The van der Waals surface area contributed by atoms with Crippen molar-refractivity contribution in [2.75, 3.05) is 0 Å². The Bertz CT molecular complexity index is 746. The summed E-state index contributed by atoms with van der Waals surface area (Å²) in [5, 5.41) is 10.9. The first kappa shape index (κ1) is 10.2. The van der Waals surface area contributed by atoms with E-state index in [2.05, 4.69) is 11.1 Å². The minimum Gasteiger partial charge on any atom is -0.477 e. The topological polar surface area (TPSA) is 50.2 Å². The molecule has 0 aliphatic rings. The Labute approximate surface area is 101 Å². The Hall–Kier alpha value is -1.94. The van der Waals surface area contributed by atoms with Crippen LogP contribution in [0.25, 0.3) is 21.1 Å². The molecule has 84 valence electrons. The normalized spacial score (nSPS) is 11.1. The van der Waals surface area contributed by atoms with Crippen molar-refractivity contribution in [1.82, 2.24) is 4.98 Å². The summed E-state index contributed by atoms with van der Waals surface area (Å²) in [6.45, 7) is 2.03. The smallest absolute Gasteiger partial charge is 0.345 e. The second-order valence-electron chi connectivity index (χ2n) is 3.99. The summed E-state index contributed by atoms with van der Waals surface area (Å²) in [6, 6.07) is 9.70. The maximum atomic E-state index is 10.9. The average Bonchev–Trinajstić information content (AvgIpc) is 2.68. The molecule has 0 bridgehead atoms. The summed E-state index contributed by atoms with van der Waals surface area (Å²) >= 11 is 1.21. The Morgan fingerprint density at radius 1 is 1.24 bits per heavy atom. The number of aryl methyl sites for hydroxylation is 1. The molecule has 0 unspecified atom stereocenters. The maximum Gasteiger partial charge on any atom is 0.345 e. The van der Waals surface area contributed by atoms with Gasteiger partial charge in [0.25, 0.3) is 0 Å². The molecular weight excluding hydrogens is 234 g/mol. The fourth-order valence-electron chi connectivity index (χ4n) is 1.86. The fourth-order valence-corrected chi connectivity index (χ4v) is 2.72. The van der Waals surface area contributed by atoms with Gasteiger partial charge in [0, 0.05) is 10.8 Å². The highest BCUT2D eigenvalue weighted by molar-refractivity contribution is 7.20. The van der Waals surface area contributed by atoms with Crippen LogP contribution in [0.1, 0.15) is 15.2 Å². The number of aromatic carboxylic acids is 1. The van der Waals surface area contributed by atoms with E-state index in [4.69, 9.17) is 5.11 Å². The van der Waals surface area contributed by atoms with Crippen LogP contribution in [0.2, 0.25) is 0 Å². The third-order valence-corrected chi connectivity index (χ3v) is 3.70. The number of benzene rings is 1. The molecule has 0 fully saturated rings. The number of aromatic nitrogens is 1. The number of rotatable bonds is 1. The van der Waals surface area contributed by atoms with Crippen LogP contribution in [0, 0.1) is 6.92 Å². The van der Waals surface area contributed by atoms with Gasteiger partial charge in [-0.1, -0.05) is 11.6 Å². The quantitative estimate of drug-likeness (QED) is 0.712. The molecule has 0 saturated heterocycles. The number of pyridine rings is 1. The van der Waals surface area contributed by atoms with E-state index in [0.29, 0.717) is 4.88 Å². The highest BCUT2D eigenvalue weighted by atomic mass is 32.1. The molecule has 0 aliphatic heterocycles. The lowest BCUT2D eigenvalue weighted by Gasteiger charge is -1.98. The van der Waals surface area contributed by atoms with Gasteiger partial charge in [0.15, 0.2) is 0 Å². The van der Waals surface area contributed by atoms with Crippen LogP contribution in [0.5, 0.6) is 0 Å². The van der Waals surface area contributed by atoms with Gasteiger partial charge in [-0.15, -0.1) is 11.3 Å². The zero-order valence-electron chi connectivity index (χ0n) is 9.10. The molecule has 0 aliphatic carbocycles. The van der Waals surface area contributed by atoms with Crippen LogP contribution in [0.3, 0.4) is 0 Å². The summed E-state index contributed by atoms with van der Waals surface area (Å²) < 4.78 is 0. The van der Waals surface area contributed by atoms with Crippen LogP contribution in [0.15, 0.2) is 30.3 Å². The van der Waals surface area contributed by atoms with Gasteiger partial charge >= 0.3 is 5.97 Å². The van der Waals surface area contributed by atoms with Crippen LogP contribution < -0.4 is 0 Å². The van der Waals surface area contributed by atoms with Crippen molar-refractivity contribution in [2.24, 2.45) is 0 Å². The van der Waals surface area contributed by atoms with E-state index in [9.17, 15) is 4.79 Å². The molecule has 0 amide bonds. The summed E-state index contributed by atoms with van der Waals surface area (Å²) in [7, 11) is 0. The predicted octanol–water partition coefficient (Wildman–Crippen LogP) is 3.46. The summed E-state index contributed by atoms with van der Waals surface area (Å²) in [4.78, 5) is 16.5. The highest BCUT2D eigenvalue weighted by Gasteiger charge is 2.10. The fraction of sp³-hybridized carbons (Fsp3) is 0.0769. The van der Waals surface area contributed by atoms with Crippen molar-refractivity contribution in [3.8, 4) is 0 Å². The first-order chi connectivity index (χ1) is 8.13. The van der Waals surface area contributed by atoms with E-state index in [0.717, 1.165) is 21.1 Å². The molecule has 17 heavy (non-hydrogen) atoms. The Morgan fingerprint density at radius 2 is 2.06 bits per heavy atom. The highest BCUT2D eigenvalue weighted by Crippen LogP contribution is 2.27. The van der Waals surface area contributed by atoms with Crippen molar-refractivity contribution in [2.45, 2.75) is 6.92 Å². The second kappa shape index (κ2) is 3.53. The van der Waals surface area contributed by atoms with Crippen molar-refractivity contribution < 1.29 is 9.90 Å². The van der Waals surface area contributed by atoms with Gasteiger partial charge in [-0.2, -0.15) is 0 Å². The van der Waals surface area contributed by atoms with Gasteiger partial charge in [0.1, 0.15) is 9.71 Å². The van der Waals surface area contributed by atoms with Crippen LogP contribution in [-0.4, -0.2) is 16.1 Å². The number of thiophene rings is 1. The minimum absolute atomic E-state index is 0.333. The number of hydrogen-bond donors (Lipinski definition) is 1. The number of hydrogen-bond acceptors (Lipinski definition) is 3. The van der Waals surface area contributed by atoms with Crippen LogP contribution in [-0.2, 0) is 0 Å². The maximum absolute atomic E-state index is 10.9. The molecule has 0 radical (unpaired) electrons. The second-order valence-corrected chi connectivity index (χ2v) is 5.03.